The van der Waals surface area contributed by atoms with Gasteiger partial charge in [0, 0.05) is 25.2 Å². The number of rotatable bonds is 11. The second-order valence-electron chi connectivity index (χ2n) is 10.1. The molecule has 1 amide bonds. The lowest BCUT2D eigenvalue weighted by molar-refractivity contribution is -0.137. The number of piperidine rings is 1. The van der Waals surface area contributed by atoms with Gasteiger partial charge in [0.2, 0.25) is 0 Å². The predicted molar refractivity (Wildman–Crippen MR) is 151 cm³/mol. The smallest absolute Gasteiger partial charge is 0.377 e. The number of anilines is 1. The van der Waals surface area contributed by atoms with E-state index in [0.29, 0.717) is 24.3 Å². The number of ether oxygens (including phenoxy) is 1. The Kier molecular flexibility index (Phi) is 10.2. The van der Waals surface area contributed by atoms with Crippen LogP contribution in [0.25, 0.3) is 0 Å². The number of hydrogen-bond acceptors (Lipinski definition) is 6. The van der Waals surface area contributed by atoms with Gasteiger partial charge in [0.1, 0.15) is 12.5 Å². The van der Waals surface area contributed by atoms with Crippen LogP contribution in [0.4, 0.5) is 23.4 Å². The third kappa shape index (κ3) is 7.86. The van der Waals surface area contributed by atoms with Crippen molar-refractivity contribution in [3.8, 4) is 0 Å². The van der Waals surface area contributed by atoms with Crippen LogP contribution in [0.5, 0.6) is 0 Å². The van der Waals surface area contributed by atoms with E-state index in [0.717, 1.165) is 29.7 Å². The minimum Gasteiger partial charge on any atom is -0.377 e. The van der Waals surface area contributed by atoms with Crippen LogP contribution in [-0.4, -0.2) is 57.5 Å². The van der Waals surface area contributed by atoms with E-state index in [4.69, 9.17) is 4.74 Å². The molecule has 0 bridgehead atoms. The molecule has 1 aliphatic heterocycles. The number of alkyl halides is 4. The summed E-state index contributed by atoms with van der Waals surface area (Å²) in [7, 11) is -3.31. The summed E-state index contributed by atoms with van der Waals surface area (Å²) in [5, 5.41) is 2.80. The standard InChI is InChI=1S/C30H33F4N3O4S/c1-2-42(39,40)27-12-3-21(4-13-27)17-36-29(38)23-8-14-28(35-18-23)37-19-24(7-11-26(37)20-41-16-15-31)22-5-9-25(10-6-22)30(32,33)34/h3-6,8-10,12-14,18,24,26H,2,7,11,15-17,19-20H2,1H3,(H,36,38)/t24?,26-/m0/s1. The molecule has 1 aromatic heterocycles. The van der Waals surface area contributed by atoms with Gasteiger partial charge < -0.3 is 15.0 Å². The van der Waals surface area contributed by atoms with Crippen LogP contribution in [0.1, 0.15) is 52.7 Å². The Morgan fingerprint density at radius 1 is 1.05 bits per heavy atom. The molecule has 42 heavy (non-hydrogen) atoms. The molecular formula is C30H33F4N3O4S. The Labute approximate surface area is 242 Å². The highest BCUT2D eigenvalue weighted by molar-refractivity contribution is 7.91. The molecule has 12 heteroatoms. The van der Waals surface area contributed by atoms with Gasteiger partial charge in [-0.3, -0.25) is 4.79 Å². The molecule has 2 atom stereocenters. The van der Waals surface area contributed by atoms with Crippen molar-refractivity contribution in [1.29, 1.82) is 0 Å². The lowest BCUT2D eigenvalue weighted by Crippen LogP contribution is -2.46. The van der Waals surface area contributed by atoms with Crippen LogP contribution in [0.3, 0.4) is 0 Å². The molecule has 4 rings (SSSR count). The second-order valence-corrected chi connectivity index (χ2v) is 12.4. The van der Waals surface area contributed by atoms with Crippen molar-refractivity contribution in [3.63, 3.8) is 0 Å². The van der Waals surface area contributed by atoms with E-state index in [2.05, 4.69) is 10.3 Å². The first-order chi connectivity index (χ1) is 20.0. The van der Waals surface area contributed by atoms with Crippen LogP contribution >= 0.6 is 0 Å². The zero-order valence-electron chi connectivity index (χ0n) is 23.1. The number of halogens is 4. The fourth-order valence-electron chi connectivity index (χ4n) is 4.93. The van der Waals surface area contributed by atoms with E-state index in [1.54, 1.807) is 31.2 Å². The largest absolute Gasteiger partial charge is 0.416 e. The summed E-state index contributed by atoms with van der Waals surface area (Å²) in [4.78, 5) is 19.5. The lowest BCUT2D eigenvalue weighted by Gasteiger charge is -2.40. The van der Waals surface area contributed by atoms with Gasteiger partial charge in [-0.25, -0.2) is 17.8 Å². The zero-order chi connectivity index (χ0) is 30.3. The number of pyridine rings is 1. The van der Waals surface area contributed by atoms with Crippen molar-refractivity contribution >= 4 is 21.6 Å². The average molecular weight is 608 g/mol. The molecule has 1 N–H and O–H groups in total. The van der Waals surface area contributed by atoms with Crippen LogP contribution < -0.4 is 10.2 Å². The molecular weight excluding hydrogens is 574 g/mol. The Hall–Kier alpha value is -3.51. The summed E-state index contributed by atoms with van der Waals surface area (Å²) in [6.07, 6.45) is -1.57. The number of amides is 1. The van der Waals surface area contributed by atoms with E-state index >= 15 is 0 Å². The van der Waals surface area contributed by atoms with Crippen LogP contribution in [0.2, 0.25) is 0 Å². The van der Waals surface area contributed by atoms with Crippen molar-refractivity contribution < 1.29 is 35.5 Å². The van der Waals surface area contributed by atoms with Gasteiger partial charge in [0.25, 0.3) is 5.91 Å². The number of hydrogen-bond donors (Lipinski definition) is 1. The van der Waals surface area contributed by atoms with E-state index in [9.17, 15) is 30.8 Å². The fourth-order valence-corrected chi connectivity index (χ4v) is 5.81. The molecule has 1 saturated heterocycles. The summed E-state index contributed by atoms with van der Waals surface area (Å²) in [5.74, 6) is 0.172. The topological polar surface area (TPSA) is 88.6 Å². The van der Waals surface area contributed by atoms with Crippen molar-refractivity contribution in [1.82, 2.24) is 10.3 Å². The maximum absolute atomic E-state index is 13.0. The van der Waals surface area contributed by atoms with Crippen LogP contribution in [0.15, 0.2) is 71.8 Å². The molecule has 0 radical (unpaired) electrons. The minimum absolute atomic E-state index is 0.00457. The van der Waals surface area contributed by atoms with E-state index in [-0.39, 0.29) is 48.3 Å². The predicted octanol–water partition coefficient (Wildman–Crippen LogP) is 5.56. The van der Waals surface area contributed by atoms with Gasteiger partial charge in [-0.2, -0.15) is 13.2 Å². The highest BCUT2D eigenvalue weighted by Gasteiger charge is 2.33. The summed E-state index contributed by atoms with van der Waals surface area (Å²) in [6.45, 7) is 1.87. The first kappa shape index (κ1) is 31.4. The SMILES string of the molecule is CCS(=O)(=O)c1ccc(CNC(=O)c2ccc(N3CC(c4ccc(C(F)(F)F)cc4)CC[C@H]3COCCF)nc2)cc1. The molecule has 226 valence electrons. The van der Waals surface area contributed by atoms with Crippen molar-refractivity contribution in [2.45, 2.75) is 49.3 Å². The van der Waals surface area contributed by atoms with Crippen molar-refractivity contribution in [2.75, 3.05) is 37.1 Å². The summed E-state index contributed by atoms with van der Waals surface area (Å²) >= 11 is 0. The van der Waals surface area contributed by atoms with Gasteiger partial charge in [-0.15, -0.1) is 0 Å². The van der Waals surface area contributed by atoms with Crippen molar-refractivity contribution in [2.24, 2.45) is 0 Å². The Morgan fingerprint density at radius 2 is 1.76 bits per heavy atom. The minimum atomic E-state index is -4.41. The van der Waals surface area contributed by atoms with E-state index < -0.39 is 28.3 Å². The number of nitrogens with zero attached hydrogens (tertiary/aromatic N) is 2. The molecule has 1 unspecified atom stereocenters. The molecule has 3 aromatic rings. The quantitative estimate of drug-likeness (QED) is 0.227. The summed E-state index contributed by atoms with van der Waals surface area (Å²) < 4.78 is 81.2. The molecule has 7 nitrogen and oxygen atoms in total. The number of carbonyl (C=O) groups excluding carboxylic acids is 1. The first-order valence-electron chi connectivity index (χ1n) is 13.6. The van der Waals surface area contributed by atoms with Gasteiger partial charge in [0.05, 0.1) is 41.0 Å². The second kappa shape index (κ2) is 13.6. The highest BCUT2D eigenvalue weighted by atomic mass is 32.2. The molecule has 2 heterocycles. The van der Waals surface area contributed by atoms with Gasteiger partial charge in [-0.05, 0) is 60.4 Å². The maximum Gasteiger partial charge on any atom is 0.416 e. The van der Waals surface area contributed by atoms with Gasteiger partial charge in [0.15, 0.2) is 9.84 Å². The van der Waals surface area contributed by atoms with Gasteiger partial charge in [-0.1, -0.05) is 31.2 Å². The molecule has 2 aromatic carbocycles. The monoisotopic (exact) mass is 607 g/mol. The number of sulfone groups is 1. The van der Waals surface area contributed by atoms with Crippen molar-refractivity contribution in [3.05, 3.63) is 89.1 Å². The normalized spacial score (nSPS) is 17.7. The third-order valence-electron chi connectivity index (χ3n) is 7.37. The Balaban J connectivity index is 1.43. The summed E-state index contributed by atoms with van der Waals surface area (Å²) in [6, 6.07) is 14.7. The van der Waals surface area contributed by atoms with Crippen LogP contribution in [-0.2, 0) is 27.3 Å². The molecule has 1 aliphatic rings. The maximum atomic E-state index is 13.0. The van der Waals surface area contributed by atoms with Gasteiger partial charge >= 0.3 is 6.18 Å². The number of nitrogens with one attached hydrogen (secondary N) is 1. The van der Waals surface area contributed by atoms with E-state index in [1.165, 1.54) is 30.5 Å². The first-order valence-corrected chi connectivity index (χ1v) is 15.3. The average Bonchev–Trinajstić information content (AvgIpc) is 3.00. The fraction of sp³-hybridized carbons (Fsp3) is 0.400. The number of aromatic nitrogens is 1. The summed E-state index contributed by atoms with van der Waals surface area (Å²) in [5.41, 5.74) is 1.15. The zero-order valence-corrected chi connectivity index (χ0v) is 23.9. The highest BCUT2D eigenvalue weighted by Crippen LogP contribution is 2.35. The number of benzene rings is 2. The third-order valence-corrected chi connectivity index (χ3v) is 9.12. The molecule has 0 aliphatic carbocycles. The molecule has 0 saturated carbocycles. The molecule has 0 spiro atoms. The Morgan fingerprint density at radius 3 is 2.36 bits per heavy atom. The molecule has 1 fully saturated rings. The van der Waals surface area contributed by atoms with E-state index in [1.807, 2.05) is 4.90 Å². The number of carbonyl (C=O) groups is 1. The Bertz CT molecular complexity index is 1430. The van der Waals surface area contributed by atoms with Crippen LogP contribution in [0, 0.1) is 0 Å². The lowest BCUT2D eigenvalue weighted by atomic mass is 9.87.